The molecule has 0 saturated heterocycles. The first kappa shape index (κ1) is 26.6. The third kappa shape index (κ3) is 5.41. The van der Waals surface area contributed by atoms with Crippen molar-refractivity contribution in [2.75, 3.05) is 0 Å². The van der Waals surface area contributed by atoms with Gasteiger partial charge in [-0.3, -0.25) is 4.98 Å². The number of phenols is 1. The molecule has 0 amide bonds. The normalized spacial score (nSPS) is 11.6. The second-order valence-electron chi connectivity index (χ2n) is 8.18. The van der Waals surface area contributed by atoms with Gasteiger partial charge in [0.2, 0.25) is 19.7 Å². The largest absolute Gasteiger partial charge is 0.508 e. The number of ether oxygens (including phenoxy) is 2. The van der Waals surface area contributed by atoms with Crippen LogP contribution in [0.25, 0.3) is 0 Å². The van der Waals surface area contributed by atoms with E-state index in [1.807, 2.05) is 0 Å². The highest BCUT2D eigenvalue weighted by atomic mass is 32.2. The zero-order valence-corrected chi connectivity index (χ0v) is 22.0. The molecule has 0 unspecified atom stereocenters. The lowest BCUT2D eigenvalue weighted by atomic mass is 10.3. The van der Waals surface area contributed by atoms with E-state index in [1.165, 1.54) is 78.9 Å². The van der Waals surface area contributed by atoms with E-state index in [4.69, 9.17) is 9.47 Å². The van der Waals surface area contributed by atoms with Crippen LogP contribution >= 0.6 is 0 Å². The Morgan fingerprint density at radius 2 is 1.27 bits per heavy atom. The molecule has 0 radical (unpaired) electrons. The molecule has 5 aromatic rings. The van der Waals surface area contributed by atoms with Gasteiger partial charge < -0.3 is 14.6 Å². The summed E-state index contributed by atoms with van der Waals surface area (Å²) >= 11 is 0. The molecule has 0 atom stereocenters. The Kier molecular flexibility index (Phi) is 7.07. The molecular weight excluding hydrogens is 558 g/mol. The minimum Gasteiger partial charge on any atom is -0.508 e. The summed E-state index contributed by atoms with van der Waals surface area (Å²) in [4.78, 5) is 20.9. The van der Waals surface area contributed by atoms with Crippen molar-refractivity contribution in [2.45, 2.75) is 19.6 Å². The van der Waals surface area contributed by atoms with Crippen LogP contribution in [-0.4, -0.2) is 36.9 Å². The van der Waals surface area contributed by atoms with Gasteiger partial charge in [-0.25, -0.2) is 21.6 Å². The molecule has 0 fully saturated rings. The predicted octanol–water partition coefficient (Wildman–Crippen LogP) is 4.12. The Labute approximate surface area is 228 Å². The van der Waals surface area contributed by atoms with Gasteiger partial charge in [0.05, 0.1) is 14.7 Å². The number of para-hydroxylation sites is 1. The number of nitrogens with one attached hydrogen (secondary N) is 1. The monoisotopic (exact) mass is 577 g/mol. The highest BCUT2D eigenvalue weighted by Gasteiger charge is 2.27. The fourth-order valence-electron chi connectivity index (χ4n) is 3.63. The summed E-state index contributed by atoms with van der Waals surface area (Å²) in [6, 6.07) is 22.1. The number of hydrogen-bond donors (Lipinski definition) is 2. The Bertz CT molecular complexity index is 1940. The van der Waals surface area contributed by atoms with Crippen molar-refractivity contribution in [1.82, 2.24) is 15.0 Å². The van der Waals surface area contributed by atoms with E-state index in [0.717, 1.165) is 6.33 Å². The first-order chi connectivity index (χ1) is 19.1. The van der Waals surface area contributed by atoms with Crippen LogP contribution < -0.4 is 15.2 Å². The van der Waals surface area contributed by atoms with Gasteiger partial charge >= 0.3 is 11.7 Å². The Balaban J connectivity index is 1.54. The molecule has 1 aromatic heterocycles. The van der Waals surface area contributed by atoms with Crippen molar-refractivity contribution in [2.24, 2.45) is 0 Å². The number of benzene rings is 4. The third-order valence-electron chi connectivity index (χ3n) is 5.56. The molecular formula is C27H19N3O8S2. The molecule has 0 saturated carbocycles. The summed E-state index contributed by atoms with van der Waals surface area (Å²) in [5.74, 6) is -0.213. The van der Waals surface area contributed by atoms with Crippen LogP contribution in [0.3, 0.4) is 0 Å². The van der Waals surface area contributed by atoms with Crippen LogP contribution in [-0.2, 0) is 19.7 Å². The van der Waals surface area contributed by atoms with E-state index >= 15 is 0 Å². The number of aromatic amines is 1. The van der Waals surface area contributed by atoms with Crippen LogP contribution in [0.5, 0.6) is 29.0 Å². The van der Waals surface area contributed by atoms with Gasteiger partial charge in [0.15, 0.2) is 11.5 Å². The third-order valence-corrected chi connectivity index (χ3v) is 9.14. The predicted molar refractivity (Wildman–Crippen MR) is 141 cm³/mol. The summed E-state index contributed by atoms with van der Waals surface area (Å²) in [5, 5.41) is 9.45. The SMILES string of the molecule is O=c1ncnc(Oc2c(Oc3ccc(S(=O)(=O)c4ccc(O)cc4)cc3)cccc2S(=O)(=O)c2ccccc2)[nH]1. The van der Waals surface area contributed by atoms with Crippen LogP contribution in [0.2, 0.25) is 0 Å². The highest BCUT2D eigenvalue weighted by molar-refractivity contribution is 7.91. The maximum Gasteiger partial charge on any atom is 0.350 e. The molecule has 0 bridgehead atoms. The topological polar surface area (TPSA) is 166 Å². The summed E-state index contributed by atoms with van der Waals surface area (Å²) in [5.41, 5.74) is -0.763. The molecule has 2 N–H and O–H groups in total. The van der Waals surface area contributed by atoms with E-state index in [0.29, 0.717) is 0 Å². The highest BCUT2D eigenvalue weighted by Crippen LogP contribution is 2.41. The molecule has 0 spiro atoms. The molecule has 4 aromatic carbocycles. The van der Waals surface area contributed by atoms with Crippen LogP contribution in [0.4, 0.5) is 0 Å². The van der Waals surface area contributed by atoms with Crippen molar-refractivity contribution in [3.8, 4) is 29.0 Å². The number of sulfone groups is 2. The molecule has 5 rings (SSSR count). The first-order valence-electron chi connectivity index (χ1n) is 11.5. The summed E-state index contributed by atoms with van der Waals surface area (Å²) in [6.07, 6.45) is 0.955. The van der Waals surface area contributed by atoms with E-state index in [2.05, 4.69) is 15.0 Å². The fraction of sp³-hybridized carbons (Fsp3) is 0. The second kappa shape index (κ2) is 10.6. The van der Waals surface area contributed by atoms with Crippen LogP contribution in [0, 0.1) is 0 Å². The molecule has 0 aliphatic heterocycles. The number of hydrogen-bond acceptors (Lipinski definition) is 10. The van der Waals surface area contributed by atoms with Gasteiger partial charge in [-0.05, 0) is 72.8 Å². The number of aromatic nitrogens is 3. The second-order valence-corrected chi connectivity index (χ2v) is 12.0. The number of aromatic hydroxyl groups is 1. The van der Waals surface area contributed by atoms with Gasteiger partial charge in [0.1, 0.15) is 22.7 Å². The minimum atomic E-state index is -4.11. The molecule has 13 heteroatoms. The van der Waals surface area contributed by atoms with E-state index in [9.17, 15) is 26.7 Å². The maximum absolute atomic E-state index is 13.5. The fourth-order valence-corrected chi connectivity index (χ4v) is 6.30. The molecule has 40 heavy (non-hydrogen) atoms. The number of nitrogens with zero attached hydrogens (tertiary/aromatic N) is 2. The van der Waals surface area contributed by atoms with Gasteiger partial charge in [-0.15, -0.1) is 0 Å². The van der Waals surface area contributed by atoms with Gasteiger partial charge in [0, 0.05) is 0 Å². The Hall–Kier alpha value is -5.01. The first-order valence-corrected chi connectivity index (χ1v) is 14.5. The molecule has 202 valence electrons. The van der Waals surface area contributed by atoms with Crippen molar-refractivity contribution >= 4 is 19.7 Å². The summed E-state index contributed by atoms with van der Waals surface area (Å²) in [6.45, 7) is 0. The van der Waals surface area contributed by atoms with E-state index < -0.39 is 25.4 Å². The maximum atomic E-state index is 13.5. The van der Waals surface area contributed by atoms with Crippen molar-refractivity contribution in [3.63, 3.8) is 0 Å². The molecule has 0 aliphatic carbocycles. The van der Waals surface area contributed by atoms with Crippen LogP contribution in [0.15, 0.2) is 128 Å². The molecule has 1 heterocycles. The standard InChI is InChI=1S/C27H19N3O8S2/c31-18-9-13-21(14-10-18)39(33,34)22-15-11-19(12-16-22)37-23-7-4-8-24(40(35,36)20-5-2-1-3-6-20)25(23)38-27-29-17-28-26(32)30-27/h1-17,31H,(H,28,29,30,32). The zero-order valence-electron chi connectivity index (χ0n) is 20.3. The Morgan fingerprint density at radius 1 is 0.650 bits per heavy atom. The van der Waals surface area contributed by atoms with Crippen molar-refractivity contribution in [3.05, 3.63) is 114 Å². The van der Waals surface area contributed by atoms with E-state index in [1.54, 1.807) is 18.2 Å². The van der Waals surface area contributed by atoms with Gasteiger partial charge in [-0.1, -0.05) is 24.3 Å². The average molecular weight is 578 g/mol. The lowest BCUT2D eigenvalue weighted by molar-refractivity contribution is 0.385. The zero-order chi connectivity index (χ0) is 28.3. The van der Waals surface area contributed by atoms with Crippen LogP contribution in [0.1, 0.15) is 0 Å². The number of H-pyrrole nitrogens is 1. The lowest BCUT2D eigenvalue weighted by Gasteiger charge is -2.16. The lowest BCUT2D eigenvalue weighted by Crippen LogP contribution is -2.12. The van der Waals surface area contributed by atoms with Crippen molar-refractivity contribution in [1.29, 1.82) is 0 Å². The Morgan fingerprint density at radius 3 is 1.93 bits per heavy atom. The minimum absolute atomic E-state index is 0.00280. The average Bonchev–Trinajstić information content (AvgIpc) is 2.95. The summed E-state index contributed by atoms with van der Waals surface area (Å²) in [7, 11) is -7.99. The smallest absolute Gasteiger partial charge is 0.350 e. The quantitative estimate of drug-likeness (QED) is 0.274. The molecule has 0 aliphatic rings. The summed E-state index contributed by atoms with van der Waals surface area (Å²) < 4.78 is 64.5. The van der Waals surface area contributed by atoms with Gasteiger partial charge in [0.25, 0.3) is 0 Å². The number of rotatable bonds is 8. The van der Waals surface area contributed by atoms with Gasteiger partial charge in [-0.2, -0.15) is 9.97 Å². The van der Waals surface area contributed by atoms with Crippen molar-refractivity contribution < 1.29 is 31.4 Å². The molecule has 11 nitrogen and oxygen atoms in total. The van der Waals surface area contributed by atoms with E-state index in [-0.39, 0.29) is 48.6 Å². The number of phenolic OH excluding ortho intramolecular Hbond substituents is 1.